The number of para-hydroxylation sites is 2. The Kier molecular flexibility index (Phi) is 9.33. The molecule has 2 aromatic heterocycles. The topological polar surface area (TPSA) is 16.4 Å². The van der Waals surface area contributed by atoms with Gasteiger partial charge in [0.05, 0.1) is 5.41 Å². The molecule has 0 spiro atoms. The predicted octanol–water partition coefficient (Wildman–Crippen LogP) is 18.8. The summed E-state index contributed by atoms with van der Waals surface area (Å²) in [5, 5.41) is 4.90. The SMILES string of the molecule is c1ccc(C2(c3ccccc3)c3ccccc3-c3cc(N(c4ccc(-c5ccc(-c6cccc7c6oc6ccccc67)cc5)cc4)c4ccc(-c5cccc6c5sc5ccccc56)cc4)ccc32)cc1. The minimum absolute atomic E-state index is 0.469. The van der Waals surface area contributed by atoms with Crippen LogP contribution in [0.5, 0.6) is 0 Å². The van der Waals surface area contributed by atoms with E-state index in [-0.39, 0.29) is 0 Å². The van der Waals surface area contributed by atoms with Crippen LogP contribution in [-0.2, 0) is 5.41 Å². The molecule has 0 N–H and O–H groups in total. The fourth-order valence-corrected chi connectivity index (χ4v) is 12.6. The van der Waals surface area contributed by atoms with Crippen LogP contribution in [0, 0.1) is 0 Å². The number of hydrogen-bond acceptors (Lipinski definition) is 3. The number of furan rings is 1. The molecule has 70 heavy (non-hydrogen) atoms. The summed E-state index contributed by atoms with van der Waals surface area (Å²) >= 11 is 1.87. The Labute approximate surface area is 410 Å². The molecule has 0 atom stereocenters. The van der Waals surface area contributed by atoms with Crippen LogP contribution in [0.15, 0.2) is 265 Å². The van der Waals surface area contributed by atoms with E-state index < -0.39 is 5.41 Å². The number of thiophene rings is 1. The van der Waals surface area contributed by atoms with Gasteiger partial charge in [-0.15, -0.1) is 11.3 Å². The van der Waals surface area contributed by atoms with Gasteiger partial charge in [-0.2, -0.15) is 0 Å². The van der Waals surface area contributed by atoms with E-state index in [4.69, 9.17) is 4.42 Å². The molecule has 13 aromatic rings. The third-order valence-corrected chi connectivity index (χ3v) is 15.8. The second kappa shape index (κ2) is 16.2. The van der Waals surface area contributed by atoms with Gasteiger partial charge in [-0.05, 0) is 110 Å². The van der Waals surface area contributed by atoms with Gasteiger partial charge in [0, 0.05) is 53.6 Å². The smallest absolute Gasteiger partial charge is 0.143 e. The Hall–Kier alpha value is -8.76. The van der Waals surface area contributed by atoms with Crippen LogP contribution in [0.25, 0.3) is 86.6 Å². The van der Waals surface area contributed by atoms with E-state index in [9.17, 15) is 0 Å². The minimum Gasteiger partial charge on any atom is -0.455 e. The quantitative estimate of drug-likeness (QED) is 0.151. The average molecular weight is 910 g/mol. The molecule has 0 amide bonds. The first-order valence-corrected chi connectivity index (χ1v) is 24.8. The van der Waals surface area contributed by atoms with E-state index >= 15 is 0 Å². The summed E-state index contributed by atoms with van der Waals surface area (Å²) in [5.74, 6) is 0. The molecule has 2 heterocycles. The van der Waals surface area contributed by atoms with Crippen molar-refractivity contribution in [2.75, 3.05) is 4.90 Å². The highest BCUT2D eigenvalue weighted by atomic mass is 32.1. The van der Waals surface area contributed by atoms with Gasteiger partial charge in [0.15, 0.2) is 0 Å². The molecule has 0 unspecified atom stereocenters. The van der Waals surface area contributed by atoms with Gasteiger partial charge in [0.1, 0.15) is 11.2 Å². The van der Waals surface area contributed by atoms with E-state index in [1.54, 1.807) is 0 Å². The van der Waals surface area contributed by atoms with Crippen LogP contribution in [0.3, 0.4) is 0 Å². The molecule has 0 saturated carbocycles. The summed E-state index contributed by atoms with van der Waals surface area (Å²) < 4.78 is 9.04. The predicted molar refractivity (Wildman–Crippen MR) is 295 cm³/mol. The van der Waals surface area contributed by atoms with Gasteiger partial charge in [0.25, 0.3) is 0 Å². The fraction of sp³-hybridized carbons (Fsp3) is 0.0149. The highest BCUT2D eigenvalue weighted by Gasteiger charge is 2.46. The highest BCUT2D eigenvalue weighted by molar-refractivity contribution is 7.26. The third-order valence-electron chi connectivity index (χ3n) is 14.6. The summed E-state index contributed by atoms with van der Waals surface area (Å²) in [6, 6.07) is 95.4. The van der Waals surface area contributed by atoms with Crippen LogP contribution in [0.4, 0.5) is 17.1 Å². The lowest BCUT2D eigenvalue weighted by molar-refractivity contribution is 0.670. The second-order valence-corrected chi connectivity index (χ2v) is 19.4. The number of rotatable bonds is 8. The summed E-state index contributed by atoms with van der Waals surface area (Å²) in [4.78, 5) is 2.42. The summed E-state index contributed by atoms with van der Waals surface area (Å²) in [5.41, 5.74) is 19.3. The zero-order chi connectivity index (χ0) is 46.2. The molecule has 0 radical (unpaired) electrons. The Bertz CT molecular complexity index is 4050. The van der Waals surface area contributed by atoms with Crippen LogP contribution in [0.1, 0.15) is 22.3 Å². The number of benzene rings is 11. The van der Waals surface area contributed by atoms with E-state index in [1.165, 1.54) is 64.7 Å². The summed E-state index contributed by atoms with van der Waals surface area (Å²) in [6.07, 6.45) is 0. The zero-order valence-electron chi connectivity index (χ0n) is 38.1. The van der Waals surface area contributed by atoms with Gasteiger partial charge in [-0.1, -0.05) is 212 Å². The molecule has 0 bridgehead atoms. The summed E-state index contributed by atoms with van der Waals surface area (Å²) in [7, 11) is 0. The van der Waals surface area contributed by atoms with Crippen molar-refractivity contribution in [3.05, 3.63) is 283 Å². The van der Waals surface area contributed by atoms with E-state index in [2.05, 4.69) is 254 Å². The Balaban J connectivity index is 0.883. The number of fused-ring (bicyclic) bond motifs is 9. The van der Waals surface area contributed by atoms with Crippen LogP contribution in [0.2, 0.25) is 0 Å². The molecular weight excluding hydrogens is 867 g/mol. The first kappa shape index (κ1) is 40.3. The van der Waals surface area contributed by atoms with Crippen molar-refractivity contribution in [3.8, 4) is 44.5 Å². The van der Waals surface area contributed by atoms with Crippen molar-refractivity contribution in [2.45, 2.75) is 5.41 Å². The molecule has 1 aliphatic carbocycles. The number of nitrogens with zero attached hydrogens (tertiary/aromatic N) is 1. The molecule has 14 rings (SSSR count). The Morgan fingerprint density at radius 2 is 0.829 bits per heavy atom. The standard InChI is InChI=1S/C67H43NOS/c1-3-15-48(16-4-1)67(49-17-5-2-6-18-49)61-26-10-7-19-55(61)60-43-52(41-42-62(60)67)68(51-39-35-47(36-40-51)54-23-14-25-59-57-21-9-12-28-64(57)70-66(54)59)50-37-33-45(34-38-50)44-29-31-46(32-30-44)53-22-13-24-58-56-20-8-11-27-63(56)69-65(53)58/h1-43H. The maximum Gasteiger partial charge on any atom is 0.143 e. The molecule has 0 aliphatic heterocycles. The Morgan fingerprint density at radius 3 is 1.56 bits per heavy atom. The van der Waals surface area contributed by atoms with Gasteiger partial charge in [-0.25, -0.2) is 0 Å². The molecule has 0 fully saturated rings. The van der Waals surface area contributed by atoms with Crippen molar-refractivity contribution in [1.29, 1.82) is 0 Å². The van der Waals surface area contributed by atoms with Crippen LogP contribution < -0.4 is 4.90 Å². The minimum atomic E-state index is -0.469. The molecule has 328 valence electrons. The molecule has 1 aliphatic rings. The van der Waals surface area contributed by atoms with Gasteiger partial charge in [0.2, 0.25) is 0 Å². The van der Waals surface area contributed by atoms with Crippen molar-refractivity contribution < 1.29 is 4.42 Å². The lowest BCUT2D eigenvalue weighted by Gasteiger charge is -2.34. The summed E-state index contributed by atoms with van der Waals surface area (Å²) in [6.45, 7) is 0. The van der Waals surface area contributed by atoms with Gasteiger partial charge < -0.3 is 9.32 Å². The maximum absolute atomic E-state index is 6.41. The fourth-order valence-electron chi connectivity index (χ4n) is 11.4. The zero-order valence-corrected chi connectivity index (χ0v) is 38.9. The van der Waals surface area contributed by atoms with Crippen molar-refractivity contribution in [3.63, 3.8) is 0 Å². The normalized spacial score (nSPS) is 12.7. The van der Waals surface area contributed by atoms with E-state index in [1.807, 2.05) is 23.5 Å². The first-order valence-electron chi connectivity index (χ1n) is 24.0. The van der Waals surface area contributed by atoms with Gasteiger partial charge in [-0.3, -0.25) is 0 Å². The second-order valence-electron chi connectivity index (χ2n) is 18.3. The monoisotopic (exact) mass is 909 g/mol. The lowest BCUT2D eigenvalue weighted by atomic mass is 9.68. The number of anilines is 3. The van der Waals surface area contributed by atoms with Crippen molar-refractivity contribution in [1.82, 2.24) is 0 Å². The van der Waals surface area contributed by atoms with Crippen molar-refractivity contribution >= 4 is 70.5 Å². The number of hydrogen-bond donors (Lipinski definition) is 0. The maximum atomic E-state index is 6.41. The lowest BCUT2D eigenvalue weighted by Crippen LogP contribution is -2.28. The molecule has 0 saturated heterocycles. The average Bonchev–Trinajstić information content (AvgIpc) is 4.11. The van der Waals surface area contributed by atoms with Gasteiger partial charge >= 0.3 is 0 Å². The highest BCUT2D eigenvalue weighted by Crippen LogP contribution is 2.57. The largest absolute Gasteiger partial charge is 0.455 e. The molecule has 3 heteroatoms. The van der Waals surface area contributed by atoms with Crippen LogP contribution in [-0.4, -0.2) is 0 Å². The Morgan fingerprint density at radius 1 is 0.329 bits per heavy atom. The van der Waals surface area contributed by atoms with Crippen molar-refractivity contribution in [2.24, 2.45) is 0 Å². The van der Waals surface area contributed by atoms with E-state index in [0.717, 1.165) is 61.3 Å². The molecule has 11 aromatic carbocycles. The van der Waals surface area contributed by atoms with Crippen LogP contribution >= 0.6 is 11.3 Å². The first-order chi connectivity index (χ1) is 34.7. The molecular formula is C67H43NOS. The van der Waals surface area contributed by atoms with E-state index in [0.29, 0.717) is 0 Å². The third kappa shape index (κ3) is 6.25. The molecule has 2 nitrogen and oxygen atoms in total.